The van der Waals surface area contributed by atoms with E-state index in [0.29, 0.717) is 18.5 Å². The first-order valence-corrected chi connectivity index (χ1v) is 10.1. The molecule has 8 heteroatoms. The number of rotatable bonds is 10. The van der Waals surface area contributed by atoms with Gasteiger partial charge in [-0.1, -0.05) is 33.8 Å². The Balaban J connectivity index is 2.10. The van der Waals surface area contributed by atoms with Crippen LogP contribution in [0.4, 0.5) is 0 Å². The minimum atomic E-state index is -1.20. The van der Waals surface area contributed by atoms with E-state index < -0.39 is 30.4 Å². The summed E-state index contributed by atoms with van der Waals surface area (Å²) in [5.74, 6) is -1.28. The smallest absolute Gasteiger partial charge is 0.305 e. The SMILES string of the molecule is CC(C)C[C@H](NC(=O)CC1=C2OC=CC=C2CC1(C)C)C(=O)N[C@H](C=O)CC(=O)O. The predicted octanol–water partition coefficient (Wildman–Crippen LogP) is 2.22. The molecule has 1 aliphatic carbocycles. The Kier molecular flexibility index (Phi) is 7.59. The summed E-state index contributed by atoms with van der Waals surface area (Å²) in [7, 11) is 0. The lowest BCUT2D eigenvalue weighted by Crippen LogP contribution is -2.51. The molecule has 2 aliphatic rings. The number of carboxylic acid groups (broad SMARTS) is 1. The van der Waals surface area contributed by atoms with Crippen LogP contribution in [0.15, 0.2) is 35.3 Å². The highest BCUT2D eigenvalue weighted by molar-refractivity contribution is 5.90. The van der Waals surface area contributed by atoms with Crippen LogP contribution in [0.2, 0.25) is 0 Å². The number of aldehydes is 1. The molecule has 0 spiro atoms. The number of hydrogen-bond acceptors (Lipinski definition) is 5. The molecule has 2 atom stereocenters. The van der Waals surface area contributed by atoms with Crippen LogP contribution in [0, 0.1) is 11.3 Å². The number of allylic oxidation sites excluding steroid dienone is 3. The van der Waals surface area contributed by atoms with Crippen LogP contribution in [0.25, 0.3) is 0 Å². The van der Waals surface area contributed by atoms with E-state index in [4.69, 9.17) is 9.84 Å². The van der Waals surface area contributed by atoms with Crippen LogP contribution in [0.1, 0.15) is 53.4 Å². The molecule has 0 bridgehead atoms. The lowest BCUT2D eigenvalue weighted by Gasteiger charge is -2.24. The maximum absolute atomic E-state index is 12.8. The summed E-state index contributed by atoms with van der Waals surface area (Å²) in [6, 6.07) is -2.01. The lowest BCUT2D eigenvalue weighted by atomic mass is 9.83. The van der Waals surface area contributed by atoms with Crippen molar-refractivity contribution in [3.05, 3.63) is 35.3 Å². The highest BCUT2D eigenvalue weighted by Gasteiger charge is 2.38. The number of amides is 2. The fourth-order valence-electron chi connectivity index (χ4n) is 3.74. The largest absolute Gasteiger partial charge is 0.481 e. The third kappa shape index (κ3) is 6.05. The standard InChI is InChI=1S/C22H30N2O6/c1-13(2)8-17(21(29)23-15(12-25)9-19(27)28)24-18(26)10-16-20-14(6-5-7-30-20)11-22(16,3)4/h5-7,12-13,15,17H,8-11H2,1-4H3,(H,23,29)(H,24,26)(H,27,28)/t15-,17-/m0/s1. The van der Waals surface area contributed by atoms with Crippen LogP contribution in [0.3, 0.4) is 0 Å². The summed E-state index contributed by atoms with van der Waals surface area (Å²) in [5.41, 5.74) is 1.67. The lowest BCUT2D eigenvalue weighted by molar-refractivity contribution is -0.139. The van der Waals surface area contributed by atoms with Gasteiger partial charge in [-0.15, -0.1) is 0 Å². The van der Waals surface area contributed by atoms with Gasteiger partial charge in [-0.2, -0.15) is 0 Å². The maximum Gasteiger partial charge on any atom is 0.305 e. The number of nitrogens with one attached hydrogen (secondary N) is 2. The van der Waals surface area contributed by atoms with E-state index in [1.54, 1.807) is 6.26 Å². The summed E-state index contributed by atoms with van der Waals surface area (Å²) in [6.07, 6.45) is 6.45. The van der Waals surface area contributed by atoms with Crippen molar-refractivity contribution in [2.45, 2.75) is 65.5 Å². The van der Waals surface area contributed by atoms with Gasteiger partial charge in [0, 0.05) is 0 Å². The molecule has 0 aromatic heterocycles. The second-order valence-electron chi connectivity index (χ2n) is 8.78. The Labute approximate surface area is 176 Å². The molecular formula is C22H30N2O6. The normalized spacial score (nSPS) is 18.8. The van der Waals surface area contributed by atoms with E-state index in [1.807, 2.05) is 39.8 Å². The molecule has 8 nitrogen and oxygen atoms in total. The van der Waals surface area contributed by atoms with Gasteiger partial charge in [0.15, 0.2) is 0 Å². The molecule has 1 aliphatic heterocycles. The number of carbonyl (C=O) groups excluding carboxylic acids is 3. The number of carbonyl (C=O) groups is 4. The van der Waals surface area contributed by atoms with Gasteiger partial charge in [0.2, 0.25) is 11.8 Å². The highest BCUT2D eigenvalue weighted by atomic mass is 16.5. The zero-order valence-electron chi connectivity index (χ0n) is 17.9. The van der Waals surface area contributed by atoms with Gasteiger partial charge in [0.1, 0.15) is 18.1 Å². The van der Waals surface area contributed by atoms with Gasteiger partial charge in [-0.05, 0) is 41.4 Å². The fraction of sp³-hybridized carbons (Fsp3) is 0.545. The summed E-state index contributed by atoms with van der Waals surface area (Å²) < 4.78 is 5.65. The quantitative estimate of drug-likeness (QED) is 0.468. The monoisotopic (exact) mass is 418 g/mol. The Morgan fingerprint density at radius 3 is 2.57 bits per heavy atom. The van der Waals surface area contributed by atoms with Crippen LogP contribution in [0.5, 0.6) is 0 Å². The fourth-order valence-corrected chi connectivity index (χ4v) is 3.74. The minimum Gasteiger partial charge on any atom is -0.481 e. The molecule has 0 aromatic carbocycles. The minimum absolute atomic E-state index is 0.0849. The van der Waals surface area contributed by atoms with Crippen molar-refractivity contribution in [2.24, 2.45) is 11.3 Å². The predicted molar refractivity (Wildman–Crippen MR) is 110 cm³/mol. The van der Waals surface area contributed by atoms with Crippen molar-refractivity contribution in [1.82, 2.24) is 10.6 Å². The van der Waals surface area contributed by atoms with Gasteiger partial charge in [-0.25, -0.2) is 0 Å². The van der Waals surface area contributed by atoms with Gasteiger partial charge in [0.05, 0.1) is 25.1 Å². The summed E-state index contributed by atoms with van der Waals surface area (Å²) in [4.78, 5) is 47.4. The number of hydrogen-bond donors (Lipinski definition) is 3. The molecule has 0 saturated carbocycles. The van der Waals surface area contributed by atoms with E-state index in [2.05, 4.69) is 10.6 Å². The number of ether oxygens (including phenoxy) is 1. The molecular weight excluding hydrogens is 388 g/mol. The van der Waals surface area contributed by atoms with Gasteiger partial charge in [-0.3, -0.25) is 14.4 Å². The van der Waals surface area contributed by atoms with Gasteiger partial charge >= 0.3 is 5.97 Å². The van der Waals surface area contributed by atoms with Crippen LogP contribution in [-0.4, -0.2) is 41.3 Å². The first kappa shape index (κ1) is 23.4. The van der Waals surface area contributed by atoms with E-state index in [-0.39, 0.29) is 23.7 Å². The first-order chi connectivity index (χ1) is 14.0. The third-order valence-corrected chi connectivity index (χ3v) is 5.16. The molecule has 0 fully saturated rings. The topological polar surface area (TPSA) is 122 Å². The van der Waals surface area contributed by atoms with Crippen molar-refractivity contribution in [3.8, 4) is 0 Å². The summed E-state index contributed by atoms with van der Waals surface area (Å²) in [6.45, 7) is 7.91. The molecule has 3 N–H and O–H groups in total. The zero-order valence-corrected chi connectivity index (χ0v) is 17.9. The second-order valence-corrected chi connectivity index (χ2v) is 8.78. The molecule has 30 heavy (non-hydrogen) atoms. The van der Waals surface area contributed by atoms with Crippen molar-refractivity contribution in [3.63, 3.8) is 0 Å². The van der Waals surface area contributed by atoms with E-state index in [0.717, 1.165) is 17.6 Å². The van der Waals surface area contributed by atoms with Crippen LogP contribution >= 0.6 is 0 Å². The summed E-state index contributed by atoms with van der Waals surface area (Å²) in [5, 5.41) is 14.0. The molecule has 0 aromatic rings. The second kappa shape index (κ2) is 9.73. The summed E-state index contributed by atoms with van der Waals surface area (Å²) >= 11 is 0. The molecule has 164 valence electrons. The Morgan fingerprint density at radius 2 is 1.97 bits per heavy atom. The van der Waals surface area contributed by atoms with Crippen molar-refractivity contribution in [1.29, 1.82) is 0 Å². The van der Waals surface area contributed by atoms with Crippen LogP contribution in [-0.2, 0) is 23.9 Å². The van der Waals surface area contributed by atoms with E-state index >= 15 is 0 Å². The molecule has 1 heterocycles. The van der Waals surface area contributed by atoms with Crippen molar-refractivity contribution >= 4 is 24.1 Å². The number of carboxylic acids is 1. The van der Waals surface area contributed by atoms with E-state index in [9.17, 15) is 19.2 Å². The van der Waals surface area contributed by atoms with Gasteiger partial charge < -0.3 is 25.3 Å². The molecule has 0 radical (unpaired) electrons. The van der Waals surface area contributed by atoms with Gasteiger partial charge in [0.25, 0.3) is 0 Å². The molecule has 2 amide bonds. The van der Waals surface area contributed by atoms with Crippen LogP contribution < -0.4 is 10.6 Å². The maximum atomic E-state index is 12.8. The Bertz CT molecular complexity index is 806. The number of fused-ring (bicyclic) bond motifs is 1. The highest BCUT2D eigenvalue weighted by Crippen LogP contribution is 2.48. The Morgan fingerprint density at radius 1 is 1.27 bits per heavy atom. The van der Waals surface area contributed by atoms with Crippen molar-refractivity contribution in [2.75, 3.05) is 0 Å². The van der Waals surface area contributed by atoms with E-state index in [1.165, 1.54) is 0 Å². The average molecular weight is 418 g/mol. The average Bonchev–Trinajstić information content (AvgIpc) is 2.89. The first-order valence-electron chi connectivity index (χ1n) is 10.1. The number of aliphatic carboxylic acids is 1. The molecule has 0 unspecified atom stereocenters. The van der Waals surface area contributed by atoms with Crippen molar-refractivity contribution < 1.29 is 29.0 Å². The Hall–Kier alpha value is -2.90. The molecule has 2 rings (SSSR count). The zero-order chi connectivity index (χ0) is 22.5. The third-order valence-electron chi connectivity index (χ3n) is 5.16. The molecule has 0 saturated heterocycles.